The molecular weight excluding hydrogens is 357 g/mol. The molecule has 0 heterocycles. The van der Waals surface area contributed by atoms with E-state index >= 15 is 0 Å². The largest absolute Gasteiger partial charge is 0.378 e. The highest BCUT2D eigenvalue weighted by Crippen LogP contribution is 2.32. The molecular formula is C18H20IN. The van der Waals surface area contributed by atoms with E-state index in [1.165, 1.54) is 51.6 Å². The lowest BCUT2D eigenvalue weighted by Gasteiger charge is -2.21. The summed E-state index contributed by atoms with van der Waals surface area (Å²) in [5.41, 5.74) is 5.59. The first kappa shape index (κ1) is 13.9. The van der Waals surface area contributed by atoms with Crippen molar-refractivity contribution in [3.8, 4) is 0 Å². The van der Waals surface area contributed by atoms with E-state index in [-0.39, 0.29) is 0 Å². The van der Waals surface area contributed by atoms with Crippen molar-refractivity contribution in [2.45, 2.75) is 38.6 Å². The number of fused-ring (bicyclic) bond motifs is 1. The van der Waals surface area contributed by atoms with Crippen molar-refractivity contribution in [3.05, 3.63) is 62.7 Å². The molecule has 2 aromatic carbocycles. The standard InChI is InChI=1S/C18H20IN/c1-13-10-11-15(12-17(13)19)20-18-9-5-3-7-14-6-2-4-8-16(14)18/h2,4,6,8,10-12,18,20H,3,5,7,9H2,1H3. The smallest absolute Gasteiger partial charge is 0.0516 e. The zero-order valence-electron chi connectivity index (χ0n) is 11.8. The summed E-state index contributed by atoms with van der Waals surface area (Å²) in [6.07, 6.45) is 5.05. The Morgan fingerprint density at radius 2 is 1.95 bits per heavy atom. The quantitative estimate of drug-likeness (QED) is 0.540. The number of hydrogen-bond donors (Lipinski definition) is 1. The molecule has 0 aliphatic heterocycles. The average Bonchev–Trinajstić information content (AvgIpc) is 2.66. The summed E-state index contributed by atoms with van der Waals surface area (Å²) < 4.78 is 1.33. The molecule has 0 saturated heterocycles. The molecule has 1 N–H and O–H groups in total. The molecule has 0 radical (unpaired) electrons. The minimum Gasteiger partial charge on any atom is -0.378 e. The van der Waals surface area contributed by atoms with Gasteiger partial charge in [-0.15, -0.1) is 0 Å². The number of halogens is 1. The monoisotopic (exact) mass is 377 g/mol. The van der Waals surface area contributed by atoms with E-state index in [4.69, 9.17) is 0 Å². The van der Waals surface area contributed by atoms with Gasteiger partial charge in [-0.1, -0.05) is 36.8 Å². The molecule has 1 atom stereocenters. The summed E-state index contributed by atoms with van der Waals surface area (Å²) >= 11 is 2.41. The molecule has 0 spiro atoms. The zero-order valence-corrected chi connectivity index (χ0v) is 14.0. The van der Waals surface area contributed by atoms with Crippen molar-refractivity contribution in [2.24, 2.45) is 0 Å². The molecule has 2 heteroatoms. The van der Waals surface area contributed by atoms with Crippen LogP contribution in [0.15, 0.2) is 42.5 Å². The van der Waals surface area contributed by atoms with E-state index in [1.54, 1.807) is 0 Å². The van der Waals surface area contributed by atoms with Gasteiger partial charge < -0.3 is 5.32 Å². The van der Waals surface area contributed by atoms with Crippen LogP contribution in [0.25, 0.3) is 0 Å². The van der Waals surface area contributed by atoms with Crippen LogP contribution in [0.4, 0.5) is 5.69 Å². The predicted octanol–water partition coefficient (Wildman–Crippen LogP) is 5.48. The normalized spacial score (nSPS) is 18.2. The molecule has 1 aliphatic carbocycles. The highest BCUT2D eigenvalue weighted by atomic mass is 127. The lowest BCUT2D eigenvalue weighted by molar-refractivity contribution is 0.644. The topological polar surface area (TPSA) is 12.0 Å². The van der Waals surface area contributed by atoms with Crippen LogP contribution in [-0.4, -0.2) is 0 Å². The molecule has 2 aromatic rings. The number of nitrogens with one attached hydrogen (secondary N) is 1. The lowest BCUT2D eigenvalue weighted by atomic mass is 9.99. The first-order chi connectivity index (χ1) is 9.74. The van der Waals surface area contributed by atoms with E-state index in [0.717, 1.165) is 0 Å². The summed E-state index contributed by atoms with van der Waals surface area (Å²) in [6.45, 7) is 2.16. The summed E-state index contributed by atoms with van der Waals surface area (Å²) in [5.74, 6) is 0. The van der Waals surface area contributed by atoms with Gasteiger partial charge in [-0.25, -0.2) is 0 Å². The molecule has 0 amide bonds. The van der Waals surface area contributed by atoms with Gasteiger partial charge in [-0.2, -0.15) is 0 Å². The van der Waals surface area contributed by atoms with Gasteiger partial charge in [0.05, 0.1) is 6.04 Å². The number of rotatable bonds is 2. The fourth-order valence-corrected chi connectivity index (χ4v) is 3.47. The Labute approximate surface area is 134 Å². The maximum atomic E-state index is 3.74. The summed E-state index contributed by atoms with van der Waals surface area (Å²) in [5, 5.41) is 3.74. The predicted molar refractivity (Wildman–Crippen MR) is 94.3 cm³/mol. The van der Waals surface area contributed by atoms with E-state index in [1.807, 2.05) is 0 Å². The van der Waals surface area contributed by atoms with Gasteiger partial charge in [0.2, 0.25) is 0 Å². The Morgan fingerprint density at radius 3 is 2.80 bits per heavy atom. The van der Waals surface area contributed by atoms with Crippen LogP contribution < -0.4 is 5.32 Å². The number of hydrogen-bond acceptors (Lipinski definition) is 1. The van der Waals surface area contributed by atoms with Crippen LogP contribution in [0.5, 0.6) is 0 Å². The van der Waals surface area contributed by atoms with Crippen molar-refractivity contribution in [2.75, 3.05) is 5.32 Å². The number of benzene rings is 2. The molecule has 1 unspecified atom stereocenters. The Hall–Kier alpha value is -1.03. The maximum Gasteiger partial charge on any atom is 0.0516 e. The minimum atomic E-state index is 0.451. The second kappa shape index (κ2) is 6.17. The van der Waals surface area contributed by atoms with Crippen molar-refractivity contribution >= 4 is 28.3 Å². The van der Waals surface area contributed by atoms with Crippen molar-refractivity contribution in [1.82, 2.24) is 0 Å². The molecule has 20 heavy (non-hydrogen) atoms. The minimum absolute atomic E-state index is 0.451. The molecule has 1 aliphatic rings. The first-order valence-corrected chi connectivity index (χ1v) is 8.42. The van der Waals surface area contributed by atoms with Crippen molar-refractivity contribution < 1.29 is 0 Å². The van der Waals surface area contributed by atoms with Crippen LogP contribution >= 0.6 is 22.6 Å². The van der Waals surface area contributed by atoms with E-state index < -0.39 is 0 Å². The Balaban J connectivity index is 1.88. The zero-order chi connectivity index (χ0) is 13.9. The number of aryl methyl sites for hydroxylation is 2. The Bertz CT molecular complexity index is 606. The first-order valence-electron chi connectivity index (χ1n) is 7.34. The second-order valence-corrected chi connectivity index (χ2v) is 6.77. The lowest BCUT2D eigenvalue weighted by Crippen LogP contribution is -2.11. The van der Waals surface area contributed by atoms with Gasteiger partial charge in [0.15, 0.2) is 0 Å². The van der Waals surface area contributed by atoms with Gasteiger partial charge in [0.1, 0.15) is 0 Å². The number of anilines is 1. The highest BCUT2D eigenvalue weighted by molar-refractivity contribution is 14.1. The molecule has 0 fully saturated rings. The fourth-order valence-electron chi connectivity index (χ4n) is 2.95. The Morgan fingerprint density at radius 1 is 1.10 bits per heavy atom. The van der Waals surface area contributed by atoms with Gasteiger partial charge in [-0.05, 0) is 77.6 Å². The maximum absolute atomic E-state index is 3.74. The van der Waals surface area contributed by atoms with Crippen LogP contribution in [0, 0.1) is 10.5 Å². The molecule has 0 saturated carbocycles. The van der Waals surface area contributed by atoms with Crippen LogP contribution in [0.3, 0.4) is 0 Å². The molecule has 0 aromatic heterocycles. The Kier molecular flexibility index (Phi) is 4.29. The van der Waals surface area contributed by atoms with E-state index in [9.17, 15) is 0 Å². The molecule has 3 rings (SSSR count). The van der Waals surface area contributed by atoms with Crippen molar-refractivity contribution in [1.29, 1.82) is 0 Å². The third kappa shape index (κ3) is 3.00. The molecule has 104 valence electrons. The summed E-state index contributed by atoms with van der Waals surface area (Å²) in [6, 6.07) is 16.0. The highest BCUT2D eigenvalue weighted by Gasteiger charge is 2.18. The van der Waals surface area contributed by atoms with Gasteiger partial charge in [0.25, 0.3) is 0 Å². The second-order valence-electron chi connectivity index (χ2n) is 5.61. The van der Waals surface area contributed by atoms with Crippen LogP contribution in [-0.2, 0) is 6.42 Å². The van der Waals surface area contributed by atoms with Crippen LogP contribution in [0.2, 0.25) is 0 Å². The van der Waals surface area contributed by atoms with Crippen molar-refractivity contribution in [3.63, 3.8) is 0 Å². The van der Waals surface area contributed by atoms with Crippen LogP contribution in [0.1, 0.15) is 42.0 Å². The van der Waals surface area contributed by atoms with E-state index in [0.29, 0.717) is 6.04 Å². The summed E-state index contributed by atoms with van der Waals surface area (Å²) in [7, 11) is 0. The third-order valence-corrected chi connectivity index (χ3v) is 5.29. The molecule has 1 nitrogen and oxygen atoms in total. The SMILES string of the molecule is Cc1ccc(NC2CCCCc3ccccc32)cc1I. The average molecular weight is 377 g/mol. The van der Waals surface area contributed by atoms with E-state index in [2.05, 4.69) is 77.3 Å². The van der Waals surface area contributed by atoms with Gasteiger partial charge in [0, 0.05) is 9.26 Å². The molecule has 0 bridgehead atoms. The van der Waals surface area contributed by atoms with Gasteiger partial charge in [-0.3, -0.25) is 0 Å². The third-order valence-electron chi connectivity index (χ3n) is 4.13. The fraction of sp³-hybridized carbons (Fsp3) is 0.333. The summed E-state index contributed by atoms with van der Waals surface area (Å²) in [4.78, 5) is 0. The van der Waals surface area contributed by atoms with Gasteiger partial charge >= 0.3 is 0 Å².